The number of carbonyl (C=O) groups is 2. The van der Waals surface area contributed by atoms with Crippen LogP contribution in [-0.2, 0) is 0 Å². The smallest absolute Gasteiger partial charge is 0.179 e. The van der Waals surface area contributed by atoms with E-state index in [9.17, 15) is 14.7 Å². The molecule has 1 aromatic carbocycles. The number of aromatic hydroxyl groups is 1. The maximum absolute atomic E-state index is 11.5. The first kappa shape index (κ1) is 10.9. The molecule has 1 N–H and O–H groups in total. The third-order valence-corrected chi connectivity index (χ3v) is 2.20. The molecule has 0 amide bonds. The van der Waals surface area contributed by atoms with Crippen molar-refractivity contribution in [2.75, 3.05) is 0 Å². The molecule has 0 heterocycles. The molecule has 0 aromatic heterocycles. The normalized spacial score (nSPS) is 12.1. The molecular weight excluding hydrogens is 248 g/mol. The number of carbonyl (C=O) groups excluding carboxylic acids is 2. The molecule has 0 radical (unpaired) electrons. The van der Waals surface area contributed by atoms with E-state index in [1.54, 1.807) is 6.92 Å². The zero-order chi connectivity index (χ0) is 10.7. The van der Waals surface area contributed by atoms with Gasteiger partial charge < -0.3 is 5.11 Å². The van der Waals surface area contributed by atoms with E-state index < -0.39 is 0 Å². The summed E-state index contributed by atoms with van der Waals surface area (Å²) in [7, 11) is 0. The standard InChI is InChI=1S/C10H9BrO3/c1-6(11)10(14)8-4-7(5-12)2-3-9(8)13/h2-6,13H,1H3. The summed E-state index contributed by atoms with van der Waals surface area (Å²) in [6, 6.07) is 4.17. The second kappa shape index (κ2) is 4.37. The fourth-order valence-electron chi connectivity index (χ4n) is 1.04. The summed E-state index contributed by atoms with van der Waals surface area (Å²) in [5.74, 6) is -0.349. The Morgan fingerprint density at radius 1 is 1.57 bits per heavy atom. The van der Waals surface area contributed by atoms with Gasteiger partial charge in [-0.15, -0.1) is 0 Å². The Morgan fingerprint density at radius 2 is 2.21 bits per heavy atom. The van der Waals surface area contributed by atoms with Crippen molar-refractivity contribution in [2.24, 2.45) is 0 Å². The van der Waals surface area contributed by atoms with Crippen molar-refractivity contribution in [3.05, 3.63) is 29.3 Å². The molecule has 0 fully saturated rings. The molecule has 0 saturated heterocycles. The first-order chi connectivity index (χ1) is 6.56. The van der Waals surface area contributed by atoms with Crippen LogP contribution in [0.25, 0.3) is 0 Å². The van der Waals surface area contributed by atoms with Crippen molar-refractivity contribution in [3.63, 3.8) is 0 Å². The number of hydrogen-bond donors (Lipinski definition) is 1. The molecule has 1 unspecified atom stereocenters. The number of hydrogen-bond acceptors (Lipinski definition) is 3. The maximum Gasteiger partial charge on any atom is 0.179 e. The number of ketones is 1. The van der Waals surface area contributed by atoms with E-state index in [2.05, 4.69) is 15.9 Å². The zero-order valence-corrected chi connectivity index (χ0v) is 9.11. The summed E-state index contributed by atoms with van der Waals surface area (Å²) >= 11 is 3.11. The predicted octanol–water partition coefficient (Wildman–Crippen LogP) is 2.17. The van der Waals surface area contributed by atoms with E-state index in [-0.39, 0.29) is 21.9 Å². The maximum atomic E-state index is 11.5. The molecule has 4 heteroatoms. The fourth-order valence-corrected chi connectivity index (χ4v) is 1.29. The zero-order valence-electron chi connectivity index (χ0n) is 7.53. The van der Waals surface area contributed by atoms with Crippen molar-refractivity contribution in [3.8, 4) is 5.75 Å². The largest absolute Gasteiger partial charge is 0.507 e. The van der Waals surface area contributed by atoms with Crippen LogP contribution in [0.5, 0.6) is 5.75 Å². The summed E-state index contributed by atoms with van der Waals surface area (Å²) in [6.07, 6.45) is 0.634. The van der Waals surface area contributed by atoms with Crippen LogP contribution < -0.4 is 0 Å². The lowest BCUT2D eigenvalue weighted by molar-refractivity contribution is 0.0993. The molecule has 1 aromatic rings. The second-order valence-corrected chi connectivity index (χ2v) is 4.25. The van der Waals surface area contributed by atoms with Crippen LogP contribution in [0.2, 0.25) is 0 Å². The van der Waals surface area contributed by atoms with Crippen LogP contribution >= 0.6 is 15.9 Å². The quantitative estimate of drug-likeness (QED) is 0.513. The van der Waals surface area contributed by atoms with Gasteiger partial charge in [0.15, 0.2) is 5.78 Å². The summed E-state index contributed by atoms with van der Waals surface area (Å²) in [6.45, 7) is 1.66. The molecule has 0 aliphatic carbocycles. The monoisotopic (exact) mass is 256 g/mol. The van der Waals surface area contributed by atoms with Crippen LogP contribution in [0.15, 0.2) is 18.2 Å². The molecule has 14 heavy (non-hydrogen) atoms. The van der Waals surface area contributed by atoms with Gasteiger partial charge in [-0.05, 0) is 25.1 Å². The predicted molar refractivity (Wildman–Crippen MR) is 56.2 cm³/mol. The molecule has 0 spiro atoms. The van der Waals surface area contributed by atoms with Gasteiger partial charge >= 0.3 is 0 Å². The Balaban J connectivity index is 3.18. The van der Waals surface area contributed by atoms with Gasteiger partial charge in [0.05, 0.1) is 10.4 Å². The Hall–Kier alpha value is -1.16. The van der Waals surface area contributed by atoms with Crippen LogP contribution in [0, 0.1) is 0 Å². The number of rotatable bonds is 3. The number of aldehydes is 1. The molecule has 0 bridgehead atoms. The van der Waals surface area contributed by atoms with Crippen LogP contribution in [0.4, 0.5) is 0 Å². The Labute approximate surface area is 89.9 Å². The molecule has 3 nitrogen and oxygen atoms in total. The van der Waals surface area contributed by atoms with E-state index in [1.807, 2.05) is 0 Å². The first-order valence-corrected chi connectivity index (χ1v) is 4.94. The first-order valence-electron chi connectivity index (χ1n) is 4.02. The molecule has 74 valence electrons. The molecule has 0 aliphatic rings. The highest BCUT2D eigenvalue weighted by atomic mass is 79.9. The van der Waals surface area contributed by atoms with Crippen molar-refractivity contribution < 1.29 is 14.7 Å². The summed E-state index contributed by atoms with van der Waals surface area (Å²) in [4.78, 5) is 21.6. The number of phenols is 1. The Kier molecular flexibility index (Phi) is 3.41. The minimum Gasteiger partial charge on any atom is -0.507 e. The molecule has 1 atom stereocenters. The van der Waals surface area contributed by atoms with Crippen molar-refractivity contribution >= 4 is 28.0 Å². The van der Waals surface area contributed by atoms with Gasteiger partial charge in [-0.3, -0.25) is 9.59 Å². The van der Waals surface area contributed by atoms with Crippen molar-refractivity contribution in [1.82, 2.24) is 0 Å². The highest BCUT2D eigenvalue weighted by Gasteiger charge is 2.16. The third kappa shape index (κ3) is 2.20. The number of benzene rings is 1. The molecular formula is C10H9BrO3. The summed E-state index contributed by atoms with van der Waals surface area (Å²) in [5.41, 5.74) is 0.540. The summed E-state index contributed by atoms with van der Waals surface area (Å²) in [5, 5.41) is 9.39. The van der Waals surface area contributed by atoms with Crippen molar-refractivity contribution in [1.29, 1.82) is 0 Å². The van der Waals surface area contributed by atoms with Crippen LogP contribution in [0.3, 0.4) is 0 Å². The lowest BCUT2D eigenvalue weighted by atomic mass is 10.1. The van der Waals surface area contributed by atoms with Gasteiger partial charge in [0.2, 0.25) is 0 Å². The van der Waals surface area contributed by atoms with Gasteiger partial charge in [-0.25, -0.2) is 0 Å². The minimum absolute atomic E-state index is 0.105. The third-order valence-electron chi connectivity index (χ3n) is 1.78. The lowest BCUT2D eigenvalue weighted by Crippen LogP contribution is -2.10. The highest BCUT2D eigenvalue weighted by Crippen LogP contribution is 2.21. The Bertz CT molecular complexity index is 372. The topological polar surface area (TPSA) is 54.4 Å². The van der Waals surface area contributed by atoms with Gasteiger partial charge in [-0.1, -0.05) is 15.9 Å². The number of halogens is 1. The lowest BCUT2D eigenvalue weighted by Gasteiger charge is -2.05. The van der Waals surface area contributed by atoms with E-state index in [1.165, 1.54) is 18.2 Å². The van der Waals surface area contributed by atoms with Gasteiger partial charge in [-0.2, -0.15) is 0 Å². The molecule has 0 aliphatic heterocycles. The SMILES string of the molecule is CC(Br)C(=O)c1cc(C=O)ccc1O. The highest BCUT2D eigenvalue weighted by molar-refractivity contribution is 9.10. The van der Waals surface area contributed by atoms with Crippen LogP contribution in [0.1, 0.15) is 27.6 Å². The average Bonchev–Trinajstić information content (AvgIpc) is 2.17. The van der Waals surface area contributed by atoms with E-state index >= 15 is 0 Å². The average molecular weight is 257 g/mol. The second-order valence-electron chi connectivity index (χ2n) is 2.87. The van der Waals surface area contributed by atoms with E-state index in [0.29, 0.717) is 11.8 Å². The molecule has 0 saturated carbocycles. The van der Waals surface area contributed by atoms with E-state index in [4.69, 9.17) is 0 Å². The van der Waals surface area contributed by atoms with Gasteiger partial charge in [0, 0.05) is 5.56 Å². The number of alkyl halides is 1. The van der Waals surface area contributed by atoms with Gasteiger partial charge in [0.1, 0.15) is 12.0 Å². The van der Waals surface area contributed by atoms with Gasteiger partial charge in [0.25, 0.3) is 0 Å². The fraction of sp³-hybridized carbons (Fsp3) is 0.200. The van der Waals surface area contributed by atoms with Crippen molar-refractivity contribution in [2.45, 2.75) is 11.8 Å². The number of phenolic OH excluding ortho intramolecular Hbond substituents is 1. The Morgan fingerprint density at radius 3 is 2.71 bits per heavy atom. The molecule has 1 rings (SSSR count). The summed E-state index contributed by atoms with van der Waals surface area (Å²) < 4.78 is 0. The minimum atomic E-state index is -0.379. The van der Waals surface area contributed by atoms with Crippen LogP contribution in [-0.4, -0.2) is 22.0 Å². The van der Waals surface area contributed by atoms with E-state index in [0.717, 1.165) is 0 Å². The number of Topliss-reactive ketones (excluding diaryl/α,β-unsaturated/α-hetero) is 1.